The quantitative estimate of drug-likeness (QED) is 0.0232. The van der Waals surface area contributed by atoms with Crippen molar-refractivity contribution in [2.45, 2.75) is 70.9 Å². The molecule has 25 nitrogen and oxygen atoms in total. The average Bonchev–Trinajstić information content (AvgIpc) is 4.08. The van der Waals surface area contributed by atoms with E-state index in [1.807, 2.05) is 6.92 Å². The van der Waals surface area contributed by atoms with Crippen LogP contribution in [0.2, 0.25) is 0 Å². The number of aromatic hydroxyl groups is 1. The molecule has 0 spiro atoms. The van der Waals surface area contributed by atoms with Crippen molar-refractivity contribution in [3.63, 3.8) is 0 Å². The number of amides is 5. The summed E-state index contributed by atoms with van der Waals surface area (Å²) in [6.45, 7) is 6.99. The molecule has 25 heteroatoms. The lowest BCUT2D eigenvalue weighted by Gasteiger charge is -2.35. The highest BCUT2D eigenvalue weighted by Gasteiger charge is 2.51. The van der Waals surface area contributed by atoms with Gasteiger partial charge in [-0.15, -0.1) is 0 Å². The Bertz CT molecular complexity index is 2740. The maximum atomic E-state index is 14.1. The molecular formula is C52H68N8O17. The number of aryl methyl sites for hydroxylation is 1. The van der Waals surface area contributed by atoms with Crippen LogP contribution in [-0.4, -0.2) is 155 Å². The van der Waals surface area contributed by atoms with Crippen LogP contribution in [0.15, 0.2) is 53.3 Å². The molecule has 77 heavy (non-hydrogen) atoms. The highest BCUT2D eigenvalue weighted by Crippen LogP contribution is 2.42. The third-order valence-electron chi connectivity index (χ3n) is 12.4. The monoisotopic (exact) mass is 1080 g/mol. The van der Waals surface area contributed by atoms with E-state index < -0.39 is 66.3 Å². The Balaban J connectivity index is 0.935. The number of carbonyl (C=O) groups is 6. The highest BCUT2D eigenvalue weighted by atomic mass is 16.7. The van der Waals surface area contributed by atoms with Crippen LogP contribution >= 0.6 is 0 Å². The number of aromatic nitrogens is 2. The van der Waals surface area contributed by atoms with Crippen molar-refractivity contribution in [2.24, 2.45) is 11.5 Å². The van der Waals surface area contributed by atoms with Gasteiger partial charge < -0.3 is 85.0 Å². The zero-order chi connectivity index (χ0) is 55.2. The number of cyclic esters (lactones) is 1. The molecule has 0 aliphatic carbocycles. The number of nitrogens with two attached hydrogens (primary N) is 2. The zero-order valence-electron chi connectivity index (χ0n) is 43.3. The van der Waals surface area contributed by atoms with Crippen molar-refractivity contribution in [3.8, 4) is 17.1 Å². The summed E-state index contributed by atoms with van der Waals surface area (Å²) in [4.78, 5) is 95.8. The third kappa shape index (κ3) is 16.6. The van der Waals surface area contributed by atoms with Crippen LogP contribution in [0.25, 0.3) is 22.3 Å². The first-order valence-corrected chi connectivity index (χ1v) is 25.4. The molecule has 4 aromatic rings. The molecule has 5 amide bonds. The van der Waals surface area contributed by atoms with Gasteiger partial charge in [-0.2, -0.15) is 0 Å². The molecule has 2 aromatic carbocycles. The minimum atomic E-state index is -2.02. The van der Waals surface area contributed by atoms with Gasteiger partial charge in [0, 0.05) is 41.8 Å². The Morgan fingerprint density at radius 1 is 0.805 bits per heavy atom. The van der Waals surface area contributed by atoms with Crippen molar-refractivity contribution in [3.05, 3.63) is 86.7 Å². The average molecular weight is 1080 g/mol. The summed E-state index contributed by atoms with van der Waals surface area (Å²) in [5.74, 6) is -2.54. The minimum absolute atomic E-state index is 0.0878. The molecule has 418 valence electrons. The number of nitrogens with zero attached hydrogens (tertiary/aromatic N) is 2. The summed E-state index contributed by atoms with van der Waals surface area (Å²) in [5.41, 5.74) is 12.5. The number of rotatable bonds is 33. The predicted molar refractivity (Wildman–Crippen MR) is 275 cm³/mol. The number of nitrogens with one attached hydrogen (secondary N) is 4. The molecule has 0 radical (unpaired) electrons. The smallest absolute Gasteiger partial charge is 0.508 e. The SMILES string of the molecule is CCc1c2c(nc3ccc(O)cc13)-c1cc3c(c(=O)n1C2)COC(=O)[C@@]3(CC)OC(=O)OCc1ccc(NC(=O)C(CCCNC(N)=O)NC(=O)COCC(=O)NCCOCCOCCOCCOCCOCCN)cc1. The fourth-order valence-electron chi connectivity index (χ4n) is 8.58. The van der Waals surface area contributed by atoms with Crippen LogP contribution in [0, 0.1) is 0 Å². The molecule has 2 aromatic heterocycles. The highest BCUT2D eigenvalue weighted by molar-refractivity contribution is 5.97. The fourth-order valence-corrected chi connectivity index (χ4v) is 8.58. The Morgan fingerprint density at radius 2 is 1.47 bits per heavy atom. The fraction of sp³-hybridized carbons (Fsp3) is 0.500. The lowest BCUT2D eigenvalue weighted by molar-refractivity contribution is -0.175. The molecule has 6 rings (SSSR count). The largest absolute Gasteiger partial charge is 0.510 e. The molecule has 0 saturated carbocycles. The Morgan fingerprint density at radius 3 is 2.12 bits per heavy atom. The number of hydrogen-bond donors (Lipinski definition) is 7. The summed E-state index contributed by atoms with van der Waals surface area (Å²) in [6.07, 6.45) is -0.336. The maximum Gasteiger partial charge on any atom is 0.510 e. The van der Waals surface area contributed by atoms with Gasteiger partial charge in [0.25, 0.3) is 5.56 Å². The van der Waals surface area contributed by atoms with Gasteiger partial charge in [0.15, 0.2) is 0 Å². The zero-order valence-corrected chi connectivity index (χ0v) is 43.3. The van der Waals surface area contributed by atoms with Crippen LogP contribution in [-0.2, 0) is 93.6 Å². The number of carbonyl (C=O) groups excluding carboxylic acids is 6. The summed E-state index contributed by atoms with van der Waals surface area (Å²) in [6, 6.07) is 10.9. The van der Waals surface area contributed by atoms with E-state index in [1.165, 1.54) is 18.2 Å². The number of urea groups is 1. The molecule has 0 fully saturated rings. The number of hydrogen-bond acceptors (Lipinski definition) is 19. The summed E-state index contributed by atoms with van der Waals surface area (Å²) < 4.78 is 50.4. The van der Waals surface area contributed by atoms with E-state index in [2.05, 4.69) is 21.3 Å². The van der Waals surface area contributed by atoms with Crippen molar-refractivity contribution >= 4 is 52.5 Å². The van der Waals surface area contributed by atoms with Gasteiger partial charge >= 0.3 is 18.2 Å². The van der Waals surface area contributed by atoms with E-state index in [-0.39, 0.29) is 75.6 Å². The van der Waals surface area contributed by atoms with Crippen LogP contribution in [0.4, 0.5) is 15.3 Å². The van der Waals surface area contributed by atoms with Gasteiger partial charge in [-0.25, -0.2) is 19.4 Å². The van der Waals surface area contributed by atoms with Gasteiger partial charge in [0.05, 0.1) is 95.1 Å². The van der Waals surface area contributed by atoms with E-state index in [0.29, 0.717) is 101 Å². The number of phenols is 1. The van der Waals surface area contributed by atoms with Crippen molar-refractivity contribution in [2.75, 3.05) is 104 Å². The standard InChI is InChI=1S/C52H68N8O17/c1-3-36-37-26-35(61)11-12-41(37)59-46-38(36)28-60-43(46)27-40-39(48(60)65)30-75-49(66)52(40,4-2)77-51(68)76-29-33-7-9-34(10-8-33)57-47(64)42(6-5-14-56-50(54)67)58-45(63)32-74-31-44(62)55-15-17-70-19-21-72-23-25-73-24-22-71-20-18-69-16-13-53/h7-12,26-27,42,61H,3-6,13-25,28-32,53H2,1-2H3,(H,55,62)(H,57,64)(H,58,63)(H3,54,56,67)/t42?,52-/m0/s1. The molecule has 2 aliphatic heterocycles. The Hall–Kier alpha value is -7.26. The number of primary amides is 1. The number of anilines is 1. The van der Waals surface area contributed by atoms with Crippen molar-refractivity contribution < 1.29 is 76.5 Å². The third-order valence-corrected chi connectivity index (χ3v) is 12.4. The van der Waals surface area contributed by atoms with Crippen LogP contribution in [0.3, 0.4) is 0 Å². The summed E-state index contributed by atoms with van der Waals surface area (Å²) in [7, 11) is 0. The first kappa shape index (κ1) is 59.0. The van der Waals surface area contributed by atoms with Gasteiger partial charge in [0.2, 0.25) is 23.3 Å². The summed E-state index contributed by atoms with van der Waals surface area (Å²) >= 11 is 0. The minimum Gasteiger partial charge on any atom is -0.508 e. The number of phenolic OH excluding ortho intramolecular Hbond substituents is 1. The lowest BCUT2D eigenvalue weighted by atomic mass is 9.85. The number of pyridine rings is 2. The van der Waals surface area contributed by atoms with Crippen LogP contribution in [0.1, 0.15) is 60.9 Å². The van der Waals surface area contributed by atoms with E-state index in [9.17, 15) is 38.7 Å². The number of esters is 1. The molecule has 0 saturated heterocycles. The first-order chi connectivity index (χ1) is 37.3. The van der Waals surface area contributed by atoms with E-state index >= 15 is 0 Å². The summed E-state index contributed by atoms with van der Waals surface area (Å²) in [5, 5.41) is 21.3. The van der Waals surface area contributed by atoms with Crippen molar-refractivity contribution in [1.29, 1.82) is 0 Å². The number of benzene rings is 2. The maximum absolute atomic E-state index is 14.1. The Labute approximate surface area is 443 Å². The number of fused-ring (bicyclic) bond motifs is 5. The molecule has 4 heterocycles. The van der Waals surface area contributed by atoms with Gasteiger partial charge in [-0.1, -0.05) is 26.0 Å². The number of ether oxygens (including phenoxy) is 9. The van der Waals surface area contributed by atoms with Crippen molar-refractivity contribution in [1.82, 2.24) is 25.5 Å². The molecule has 2 aliphatic rings. The first-order valence-electron chi connectivity index (χ1n) is 25.4. The molecular weight excluding hydrogens is 1010 g/mol. The van der Waals surface area contributed by atoms with E-state index in [0.717, 1.165) is 16.5 Å². The lowest BCUT2D eigenvalue weighted by Crippen LogP contribution is -2.47. The second-order valence-electron chi connectivity index (χ2n) is 17.6. The van der Waals surface area contributed by atoms with Gasteiger partial charge in [0.1, 0.15) is 38.2 Å². The van der Waals surface area contributed by atoms with Gasteiger partial charge in [-0.3, -0.25) is 19.2 Å². The molecule has 0 bridgehead atoms. The van der Waals surface area contributed by atoms with E-state index in [1.54, 1.807) is 41.8 Å². The van der Waals surface area contributed by atoms with Crippen LogP contribution < -0.4 is 38.3 Å². The molecule has 2 atom stereocenters. The van der Waals surface area contributed by atoms with E-state index in [4.69, 9.17) is 59.1 Å². The second kappa shape index (κ2) is 29.9. The van der Waals surface area contributed by atoms with Gasteiger partial charge in [-0.05, 0) is 73.2 Å². The predicted octanol–water partition coefficient (Wildman–Crippen LogP) is 1.76. The normalized spacial score (nSPS) is 14.7. The molecule has 1 unspecified atom stereocenters. The second-order valence-corrected chi connectivity index (χ2v) is 17.6. The Kier molecular flexibility index (Phi) is 22.9. The van der Waals surface area contributed by atoms with Crippen LogP contribution in [0.5, 0.6) is 5.75 Å². The topological polar surface area (TPSA) is 341 Å². The molecule has 9 N–H and O–H groups in total.